The van der Waals surface area contributed by atoms with E-state index in [2.05, 4.69) is 4.99 Å². The van der Waals surface area contributed by atoms with Crippen LogP contribution in [0.25, 0.3) is 0 Å². The van der Waals surface area contributed by atoms with Gasteiger partial charge in [0.1, 0.15) is 0 Å². The molecule has 0 spiro atoms. The van der Waals surface area contributed by atoms with Crippen LogP contribution in [0.4, 0.5) is 5.69 Å². The van der Waals surface area contributed by atoms with E-state index in [1.54, 1.807) is 4.90 Å². The van der Waals surface area contributed by atoms with E-state index in [0.29, 0.717) is 10.7 Å². The summed E-state index contributed by atoms with van der Waals surface area (Å²) in [5, 5.41) is 1.89. The van der Waals surface area contributed by atoms with Crippen LogP contribution in [-0.2, 0) is 0 Å². The number of hydrogen-bond donors (Lipinski definition) is 0. The van der Waals surface area contributed by atoms with Gasteiger partial charge in [-0.05, 0) is 23.6 Å². The molecular weight excluding hydrogens is 244 g/mol. The Balaban J connectivity index is 2.35. The highest BCUT2D eigenvalue weighted by Gasteiger charge is 2.17. The summed E-state index contributed by atoms with van der Waals surface area (Å²) in [6, 6.07) is 13.2. The Morgan fingerprint density at radius 1 is 1.11 bits per heavy atom. The minimum absolute atomic E-state index is 0.0427. The van der Waals surface area contributed by atoms with Crippen LogP contribution in [0.15, 0.2) is 52.8 Å². The van der Waals surface area contributed by atoms with E-state index in [1.807, 2.05) is 61.9 Å². The van der Waals surface area contributed by atoms with E-state index in [0.717, 1.165) is 5.69 Å². The zero-order chi connectivity index (χ0) is 13.0. The summed E-state index contributed by atoms with van der Waals surface area (Å²) >= 11 is 1.43. The number of benzene rings is 1. The maximum atomic E-state index is 12.3. The largest absolute Gasteiger partial charge is 0.359 e. The maximum Gasteiger partial charge on any atom is 0.237 e. The molecule has 0 aliphatic carbocycles. The van der Waals surface area contributed by atoms with Gasteiger partial charge in [0.2, 0.25) is 5.78 Å². The second kappa shape index (κ2) is 5.60. The molecule has 0 N–H and O–H groups in total. The molecule has 0 aliphatic rings. The molecule has 4 heteroatoms. The lowest BCUT2D eigenvalue weighted by Crippen LogP contribution is -2.29. The predicted octanol–water partition coefficient (Wildman–Crippen LogP) is 3.22. The number of thiophene rings is 1. The molecule has 0 saturated carbocycles. The Kier molecular flexibility index (Phi) is 3.89. The van der Waals surface area contributed by atoms with Gasteiger partial charge in [-0.1, -0.05) is 24.3 Å². The fourth-order valence-electron chi connectivity index (χ4n) is 1.50. The summed E-state index contributed by atoms with van der Waals surface area (Å²) in [5.74, 6) is 0.405. The molecule has 0 amide bonds. The van der Waals surface area contributed by atoms with Crippen molar-refractivity contribution in [1.29, 1.82) is 0 Å². The van der Waals surface area contributed by atoms with E-state index < -0.39 is 0 Å². The molecule has 0 saturated heterocycles. The van der Waals surface area contributed by atoms with Crippen LogP contribution in [0.5, 0.6) is 0 Å². The van der Waals surface area contributed by atoms with Crippen molar-refractivity contribution in [3.8, 4) is 0 Å². The highest BCUT2D eigenvalue weighted by molar-refractivity contribution is 7.13. The lowest BCUT2D eigenvalue weighted by atomic mass is 10.2. The van der Waals surface area contributed by atoms with Crippen molar-refractivity contribution in [2.75, 3.05) is 14.1 Å². The lowest BCUT2D eigenvalue weighted by molar-refractivity contribution is 0.105. The van der Waals surface area contributed by atoms with Gasteiger partial charge < -0.3 is 4.90 Å². The Morgan fingerprint density at radius 2 is 1.83 bits per heavy atom. The summed E-state index contributed by atoms with van der Waals surface area (Å²) in [6.07, 6.45) is 0. The zero-order valence-electron chi connectivity index (χ0n) is 10.3. The lowest BCUT2D eigenvalue weighted by Gasteiger charge is -2.13. The number of carbonyl (C=O) groups excluding carboxylic acids is 1. The van der Waals surface area contributed by atoms with Gasteiger partial charge in [-0.25, -0.2) is 4.99 Å². The van der Waals surface area contributed by atoms with Crippen molar-refractivity contribution >= 4 is 28.6 Å². The number of para-hydroxylation sites is 1. The van der Waals surface area contributed by atoms with Crippen LogP contribution < -0.4 is 0 Å². The summed E-state index contributed by atoms with van der Waals surface area (Å²) in [4.78, 5) is 19.2. The first kappa shape index (κ1) is 12.5. The molecule has 0 unspecified atom stereocenters. The summed E-state index contributed by atoms with van der Waals surface area (Å²) < 4.78 is 0. The number of ketones is 1. The van der Waals surface area contributed by atoms with E-state index in [4.69, 9.17) is 0 Å². The fourth-order valence-corrected chi connectivity index (χ4v) is 2.16. The average molecular weight is 258 g/mol. The Labute approximate surface area is 110 Å². The minimum atomic E-state index is -0.0427. The van der Waals surface area contributed by atoms with E-state index in [1.165, 1.54) is 11.3 Å². The molecule has 2 rings (SSSR count). The van der Waals surface area contributed by atoms with Gasteiger partial charge in [-0.15, -0.1) is 11.3 Å². The monoisotopic (exact) mass is 258 g/mol. The van der Waals surface area contributed by atoms with Gasteiger partial charge in [0, 0.05) is 14.1 Å². The molecule has 0 atom stereocenters. The maximum absolute atomic E-state index is 12.3. The molecular formula is C14H14N2OS. The zero-order valence-corrected chi connectivity index (χ0v) is 11.1. The number of carbonyl (C=O) groups is 1. The topological polar surface area (TPSA) is 32.7 Å². The van der Waals surface area contributed by atoms with Crippen LogP contribution in [0.2, 0.25) is 0 Å². The smallest absolute Gasteiger partial charge is 0.237 e. The normalized spacial score (nSPS) is 11.3. The molecule has 1 aromatic heterocycles. The van der Waals surface area contributed by atoms with Crippen LogP contribution in [0.3, 0.4) is 0 Å². The van der Waals surface area contributed by atoms with Crippen LogP contribution in [0, 0.1) is 0 Å². The fraction of sp³-hybridized carbons (Fsp3) is 0.143. The third-order valence-electron chi connectivity index (χ3n) is 2.36. The second-order valence-corrected chi connectivity index (χ2v) is 4.92. The molecule has 2 aromatic rings. The first-order valence-corrected chi connectivity index (χ1v) is 6.45. The first-order chi connectivity index (χ1) is 8.68. The molecule has 92 valence electrons. The second-order valence-electron chi connectivity index (χ2n) is 3.97. The number of hydrogen-bond acceptors (Lipinski definition) is 3. The molecule has 3 nitrogen and oxygen atoms in total. The standard InChI is InChI=1S/C14H14N2OS/c1-16(2)14(13(17)12-9-6-10-18-12)15-11-7-4-3-5-8-11/h3-10H,1-2H3. The quantitative estimate of drug-likeness (QED) is 0.481. The van der Waals surface area contributed by atoms with Crippen LogP contribution >= 0.6 is 11.3 Å². The average Bonchev–Trinajstić information content (AvgIpc) is 2.90. The molecule has 0 aliphatic heterocycles. The number of Topliss-reactive ketones (excluding diaryl/α,β-unsaturated/α-hetero) is 1. The van der Waals surface area contributed by atoms with Crippen LogP contribution in [-0.4, -0.2) is 30.6 Å². The van der Waals surface area contributed by atoms with E-state index >= 15 is 0 Å². The minimum Gasteiger partial charge on any atom is -0.359 e. The third-order valence-corrected chi connectivity index (χ3v) is 3.23. The number of rotatable bonds is 3. The first-order valence-electron chi connectivity index (χ1n) is 5.58. The molecule has 0 fully saturated rings. The van der Waals surface area contributed by atoms with Crippen molar-refractivity contribution in [2.24, 2.45) is 4.99 Å². The van der Waals surface area contributed by atoms with Gasteiger partial charge in [-0.2, -0.15) is 0 Å². The summed E-state index contributed by atoms with van der Waals surface area (Å²) in [7, 11) is 3.65. The van der Waals surface area contributed by atoms with E-state index in [-0.39, 0.29) is 5.78 Å². The SMILES string of the molecule is CN(C)C(=Nc1ccccc1)C(=O)c1cccs1. The summed E-state index contributed by atoms with van der Waals surface area (Å²) in [6.45, 7) is 0. The van der Waals surface area contributed by atoms with Crippen LogP contribution in [0.1, 0.15) is 9.67 Å². The van der Waals surface area contributed by atoms with Gasteiger partial charge in [0.05, 0.1) is 10.6 Å². The number of amidine groups is 1. The van der Waals surface area contributed by atoms with Gasteiger partial charge in [0.15, 0.2) is 5.84 Å². The molecule has 0 bridgehead atoms. The van der Waals surface area contributed by atoms with Crippen molar-refractivity contribution in [3.63, 3.8) is 0 Å². The highest BCUT2D eigenvalue weighted by Crippen LogP contribution is 2.15. The Morgan fingerprint density at radius 3 is 2.39 bits per heavy atom. The van der Waals surface area contributed by atoms with Crippen molar-refractivity contribution in [1.82, 2.24) is 4.90 Å². The van der Waals surface area contributed by atoms with Crippen molar-refractivity contribution in [2.45, 2.75) is 0 Å². The number of aliphatic imine (C=N–C) groups is 1. The molecule has 1 aromatic carbocycles. The number of likely N-dealkylation sites (N-methyl/N-ethyl adjacent to an activating group) is 1. The highest BCUT2D eigenvalue weighted by atomic mass is 32.1. The predicted molar refractivity (Wildman–Crippen MR) is 75.9 cm³/mol. The molecule has 0 radical (unpaired) electrons. The molecule has 1 heterocycles. The van der Waals surface area contributed by atoms with Gasteiger partial charge in [0.25, 0.3) is 0 Å². The van der Waals surface area contributed by atoms with Crippen molar-refractivity contribution in [3.05, 3.63) is 52.7 Å². The Hall–Kier alpha value is -1.94. The molecule has 18 heavy (non-hydrogen) atoms. The van der Waals surface area contributed by atoms with Gasteiger partial charge in [-0.3, -0.25) is 4.79 Å². The third kappa shape index (κ3) is 2.84. The van der Waals surface area contributed by atoms with Crippen molar-refractivity contribution < 1.29 is 4.79 Å². The number of nitrogens with zero attached hydrogens (tertiary/aromatic N) is 2. The Bertz CT molecular complexity index is 544. The van der Waals surface area contributed by atoms with Gasteiger partial charge >= 0.3 is 0 Å². The summed E-state index contributed by atoms with van der Waals surface area (Å²) in [5.41, 5.74) is 0.783. The van der Waals surface area contributed by atoms with E-state index in [9.17, 15) is 4.79 Å².